The van der Waals surface area contributed by atoms with Gasteiger partial charge in [0.05, 0.1) is 19.1 Å². The maximum Gasteiger partial charge on any atom is 0.251 e. The summed E-state index contributed by atoms with van der Waals surface area (Å²) >= 11 is 0. The average Bonchev–Trinajstić information content (AvgIpc) is 3.04. The zero-order chi connectivity index (χ0) is 24.8. The van der Waals surface area contributed by atoms with Gasteiger partial charge < -0.3 is 10.2 Å². The van der Waals surface area contributed by atoms with E-state index >= 15 is 0 Å². The van der Waals surface area contributed by atoms with Crippen molar-refractivity contribution in [2.24, 2.45) is 5.92 Å². The molecule has 1 atom stereocenters. The number of hydroxylamine groups is 1. The molecule has 1 unspecified atom stereocenters. The van der Waals surface area contributed by atoms with Gasteiger partial charge in [-0.1, -0.05) is 30.3 Å². The zero-order valence-electron chi connectivity index (χ0n) is 19.8. The Bertz CT molecular complexity index is 1160. The number of aromatic nitrogens is 3. The van der Waals surface area contributed by atoms with E-state index in [9.17, 15) is 14.0 Å². The molecule has 1 aliphatic heterocycles. The third-order valence-corrected chi connectivity index (χ3v) is 5.78. The molecule has 2 aromatic carbocycles. The van der Waals surface area contributed by atoms with Gasteiger partial charge in [-0.05, 0) is 56.5 Å². The lowest BCUT2D eigenvalue weighted by molar-refractivity contribution is -0.132. The van der Waals surface area contributed by atoms with Crippen molar-refractivity contribution in [3.63, 3.8) is 0 Å². The average molecular weight is 481 g/mol. The highest BCUT2D eigenvalue weighted by atomic mass is 19.1. The minimum Gasteiger partial charge on any atom is -0.342 e. The Morgan fingerprint density at radius 2 is 1.91 bits per heavy atom. The lowest BCUT2D eigenvalue weighted by atomic mass is 9.99. The van der Waals surface area contributed by atoms with Crippen molar-refractivity contribution in [3.05, 3.63) is 66.0 Å². The first kappa shape index (κ1) is 24.5. The molecule has 4 rings (SSSR count). The second-order valence-electron chi connectivity index (χ2n) is 9.01. The van der Waals surface area contributed by atoms with Crippen molar-refractivity contribution >= 4 is 17.8 Å². The third kappa shape index (κ3) is 6.28. The predicted molar refractivity (Wildman–Crippen MR) is 128 cm³/mol. The minimum absolute atomic E-state index is 0.0945. The van der Waals surface area contributed by atoms with Gasteiger partial charge in [0.2, 0.25) is 11.9 Å². The van der Waals surface area contributed by atoms with E-state index in [1.807, 2.05) is 30.3 Å². The molecule has 1 aromatic heterocycles. The first-order valence-electron chi connectivity index (χ1n) is 11.5. The summed E-state index contributed by atoms with van der Waals surface area (Å²) < 4.78 is 15.1. The number of amides is 2. The van der Waals surface area contributed by atoms with Gasteiger partial charge >= 0.3 is 0 Å². The molecule has 0 saturated carbocycles. The molecule has 0 aliphatic carbocycles. The van der Waals surface area contributed by atoms with Crippen molar-refractivity contribution in [2.75, 3.05) is 18.5 Å². The van der Waals surface area contributed by atoms with Crippen LogP contribution in [0.2, 0.25) is 0 Å². The highest BCUT2D eigenvalue weighted by Crippen LogP contribution is 2.21. The number of nitrogens with zero attached hydrogens (tertiary/aromatic N) is 3. The molecule has 1 saturated heterocycles. The van der Waals surface area contributed by atoms with Crippen LogP contribution < -0.4 is 16.1 Å². The second kappa shape index (κ2) is 10.7. The molecule has 184 valence electrons. The number of hydrogen-bond donors (Lipinski definition) is 3. The van der Waals surface area contributed by atoms with Crippen LogP contribution in [-0.4, -0.2) is 45.3 Å². The summed E-state index contributed by atoms with van der Waals surface area (Å²) in [5, 5.41) is 10.0. The van der Waals surface area contributed by atoms with Crippen LogP contribution in [0, 0.1) is 11.7 Å². The molecule has 0 spiro atoms. The predicted octanol–water partition coefficient (Wildman–Crippen LogP) is 2.90. The van der Waals surface area contributed by atoms with Crippen molar-refractivity contribution in [2.45, 2.75) is 38.8 Å². The normalized spacial score (nSPS) is 16.4. The van der Waals surface area contributed by atoms with Gasteiger partial charge in [-0.25, -0.2) is 14.6 Å². The van der Waals surface area contributed by atoms with Gasteiger partial charge in [-0.3, -0.25) is 14.9 Å². The molecule has 2 heterocycles. The summed E-state index contributed by atoms with van der Waals surface area (Å²) in [6.45, 7) is 4.59. The number of anilines is 1. The van der Waals surface area contributed by atoms with Crippen molar-refractivity contribution in [3.8, 4) is 11.4 Å². The molecular formula is C25H29FN6O3. The fourth-order valence-corrected chi connectivity index (χ4v) is 3.76. The molecule has 0 radical (unpaired) electrons. The summed E-state index contributed by atoms with van der Waals surface area (Å²) in [7, 11) is 0. The van der Waals surface area contributed by atoms with Crippen LogP contribution in [0.5, 0.6) is 0 Å². The SMILES string of the molecule is CC(C)(NC(=O)C1CCCONC1)C(=O)Nc1nc(-c2ccc(F)cc2)n(Cc2ccccc2)n1. The van der Waals surface area contributed by atoms with E-state index in [1.54, 1.807) is 30.7 Å². The first-order chi connectivity index (χ1) is 16.8. The topological polar surface area (TPSA) is 110 Å². The monoisotopic (exact) mass is 480 g/mol. The van der Waals surface area contributed by atoms with E-state index in [4.69, 9.17) is 4.84 Å². The van der Waals surface area contributed by atoms with E-state index in [2.05, 4.69) is 26.2 Å². The summed E-state index contributed by atoms with van der Waals surface area (Å²) in [5.41, 5.74) is 3.22. The summed E-state index contributed by atoms with van der Waals surface area (Å²) in [5.74, 6) is -0.751. The van der Waals surface area contributed by atoms with E-state index in [0.717, 1.165) is 12.0 Å². The van der Waals surface area contributed by atoms with Gasteiger partial charge in [0.25, 0.3) is 5.91 Å². The van der Waals surface area contributed by atoms with Gasteiger partial charge in [0.15, 0.2) is 5.82 Å². The van der Waals surface area contributed by atoms with Crippen LogP contribution in [0.1, 0.15) is 32.3 Å². The molecule has 3 aromatic rings. The third-order valence-electron chi connectivity index (χ3n) is 5.78. The van der Waals surface area contributed by atoms with Crippen molar-refractivity contribution < 1.29 is 18.8 Å². The summed E-state index contributed by atoms with van der Waals surface area (Å²) in [6, 6.07) is 15.6. The Labute approximate surface area is 203 Å². The quantitative estimate of drug-likeness (QED) is 0.480. The summed E-state index contributed by atoms with van der Waals surface area (Å²) in [4.78, 5) is 35.5. The van der Waals surface area contributed by atoms with E-state index in [0.29, 0.717) is 37.5 Å². The zero-order valence-corrected chi connectivity index (χ0v) is 19.8. The number of hydrogen-bond acceptors (Lipinski definition) is 6. The Hall–Kier alpha value is -3.63. The van der Waals surface area contributed by atoms with Crippen LogP contribution in [0.15, 0.2) is 54.6 Å². The highest BCUT2D eigenvalue weighted by Gasteiger charge is 2.33. The van der Waals surface area contributed by atoms with Gasteiger partial charge in [0.1, 0.15) is 11.4 Å². The number of carbonyl (C=O) groups is 2. The number of rotatable bonds is 7. The molecule has 10 heteroatoms. The molecule has 1 aliphatic rings. The van der Waals surface area contributed by atoms with Gasteiger partial charge in [-0.15, -0.1) is 5.10 Å². The van der Waals surface area contributed by atoms with Crippen molar-refractivity contribution in [1.82, 2.24) is 25.6 Å². The van der Waals surface area contributed by atoms with Crippen LogP contribution in [0.3, 0.4) is 0 Å². The van der Waals surface area contributed by atoms with Gasteiger partial charge in [0, 0.05) is 12.1 Å². The molecule has 1 fully saturated rings. The molecule has 0 bridgehead atoms. The molecular weight excluding hydrogens is 451 g/mol. The van der Waals surface area contributed by atoms with Crippen LogP contribution >= 0.6 is 0 Å². The lowest BCUT2D eigenvalue weighted by Crippen LogP contribution is -2.54. The number of benzene rings is 2. The smallest absolute Gasteiger partial charge is 0.251 e. The first-order valence-corrected chi connectivity index (χ1v) is 11.5. The van der Waals surface area contributed by atoms with Crippen LogP contribution in [0.25, 0.3) is 11.4 Å². The molecule has 9 nitrogen and oxygen atoms in total. The maximum atomic E-state index is 13.5. The fourth-order valence-electron chi connectivity index (χ4n) is 3.76. The molecule has 35 heavy (non-hydrogen) atoms. The number of carbonyl (C=O) groups excluding carboxylic acids is 2. The Morgan fingerprint density at radius 1 is 1.17 bits per heavy atom. The van der Waals surface area contributed by atoms with Crippen LogP contribution in [0.4, 0.5) is 10.3 Å². The molecule has 2 amide bonds. The Kier molecular flexibility index (Phi) is 7.52. The Balaban J connectivity index is 1.52. The van der Waals surface area contributed by atoms with Crippen LogP contribution in [-0.2, 0) is 21.0 Å². The highest BCUT2D eigenvalue weighted by molar-refractivity contribution is 5.99. The van der Waals surface area contributed by atoms with E-state index < -0.39 is 11.4 Å². The number of halogens is 1. The van der Waals surface area contributed by atoms with Crippen molar-refractivity contribution in [1.29, 1.82) is 0 Å². The second-order valence-corrected chi connectivity index (χ2v) is 9.01. The standard InChI is InChI=1S/C25H29FN6O3/c1-25(2,30-22(33)19-9-6-14-35-27-15-19)23(34)29-24-28-21(18-10-12-20(26)13-11-18)32(31-24)16-17-7-4-3-5-8-17/h3-5,7-8,10-13,19,27H,6,9,14-16H2,1-2H3,(H,30,33)(H,29,31,34). The largest absolute Gasteiger partial charge is 0.342 e. The number of nitrogens with one attached hydrogen (secondary N) is 3. The minimum atomic E-state index is -1.20. The lowest BCUT2D eigenvalue weighted by Gasteiger charge is -2.26. The molecule has 3 N–H and O–H groups in total. The summed E-state index contributed by atoms with van der Waals surface area (Å²) in [6.07, 6.45) is 1.43. The fraction of sp³-hybridized carbons (Fsp3) is 0.360. The Morgan fingerprint density at radius 3 is 2.66 bits per heavy atom. The maximum absolute atomic E-state index is 13.5. The van der Waals surface area contributed by atoms with Gasteiger partial charge in [-0.2, -0.15) is 4.98 Å². The van der Waals surface area contributed by atoms with E-state index in [1.165, 1.54) is 12.1 Å². The van der Waals surface area contributed by atoms with E-state index in [-0.39, 0.29) is 23.6 Å².